The summed E-state index contributed by atoms with van der Waals surface area (Å²) in [7, 11) is 0. The number of fused-ring (bicyclic) bond motifs is 7. The van der Waals surface area contributed by atoms with Crippen LogP contribution in [0, 0.1) is 67.3 Å². The number of esters is 1. The third-order valence-electron chi connectivity index (χ3n) is 16.5. The van der Waals surface area contributed by atoms with Gasteiger partial charge in [-0.3, -0.25) is 14.4 Å². The fourth-order valence-electron chi connectivity index (χ4n) is 13.5. The Balaban J connectivity index is 1.26. The minimum Gasteiger partial charge on any atom is -0.618 e. The van der Waals surface area contributed by atoms with E-state index in [1.54, 1.807) is 26.0 Å². The number of aromatic nitrogens is 1. The second-order valence-electron chi connectivity index (χ2n) is 19.7. The Bertz CT molecular complexity index is 1590. The molecule has 5 unspecified atom stereocenters. The smallest absolute Gasteiger partial charge is 0.309 e. The summed E-state index contributed by atoms with van der Waals surface area (Å²) >= 11 is 0. The number of carbonyl (C=O) groups is 3. The standard InChI is InChI=1S/C43H64N2O6/c1-26(2)28-16-21-43(36(47)44-27(3)30-13-11-12-24-45(30)50)23-22-41(9)29(35(28)43)14-15-32-40(8)19-18-33(51-34(46)25-38(4,5)37(48)49)39(6,7)31(40)17-20-42(32,41)10/h11-13,24,27-29,31-33,35H,1,14-23,25H2,2-10H3,(H,44,47)(H,48,49)/t27-,28-,29?,31?,32?,33?,35?,40-,41+,42+,43-/m0/s1. The monoisotopic (exact) mass is 704 g/mol. The largest absolute Gasteiger partial charge is 0.618 e. The van der Waals surface area contributed by atoms with E-state index in [4.69, 9.17) is 4.74 Å². The number of allylic oxidation sites excluding steroid dienone is 1. The molecule has 1 aromatic heterocycles. The number of hydrogen-bond acceptors (Lipinski definition) is 5. The lowest BCUT2D eigenvalue weighted by Crippen LogP contribution is -2.67. The summed E-state index contributed by atoms with van der Waals surface area (Å²) in [5.41, 5.74) is 0.141. The lowest BCUT2D eigenvalue weighted by Gasteiger charge is -2.72. The summed E-state index contributed by atoms with van der Waals surface area (Å²) in [4.78, 5) is 39.4. The van der Waals surface area contributed by atoms with Gasteiger partial charge in [-0.05, 0) is 144 Å². The predicted molar refractivity (Wildman–Crippen MR) is 197 cm³/mol. The number of nitrogens with zero attached hydrogens (tertiary/aromatic N) is 1. The van der Waals surface area contributed by atoms with E-state index in [9.17, 15) is 24.7 Å². The molecule has 0 saturated heterocycles. The van der Waals surface area contributed by atoms with Gasteiger partial charge in [0.15, 0.2) is 6.20 Å². The molecule has 0 bridgehead atoms. The average molecular weight is 705 g/mol. The normalized spacial score (nSPS) is 40.4. The molecule has 51 heavy (non-hydrogen) atoms. The molecule has 1 aromatic rings. The number of carboxylic acids is 1. The molecule has 2 N–H and O–H groups in total. The number of nitrogens with one attached hydrogen (secondary N) is 1. The number of ether oxygens (including phenoxy) is 1. The minimum atomic E-state index is -1.16. The number of aliphatic carboxylic acids is 1. The van der Waals surface area contributed by atoms with E-state index < -0.39 is 22.8 Å². The quantitative estimate of drug-likeness (QED) is 0.121. The van der Waals surface area contributed by atoms with Crippen molar-refractivity contribution in [1.82, 2.24) is 5.32 Å². The summed E-state index contributed by atoms with van der Waals surface area (Å²) < 4.78 is 7.03. The first-order chi connectivity index (χ1) is 23.7. The zero-order chi connectivity index (χ0) is 37.5. The highest BCUT2D eigenvalue weighted by molar-refractivity contribution is 5.84. The SMILES string of the molecule is C=C(C)[C@@H]1CC[C@]2(C(=O)N[C@@H](C)c3cccc[n+]3[O-])CC[C@]3(C)C(CCC4[C@@]5(C)CCC(OC(=O)CC(C)(C)C(=O)O)C(C)(C)C5CC[C@]43C)C12. The van der Waals surface area contributed by atoms with Crippen LogP contribution in [-0.2, 0) is 19.1 Å². The van der Waals surface area contributed by atoms with Gasteiger partial charge in [-0.1, -0.05) is 46.8 Å². The van der Waals surface area contributed by atoms with Crippen molar-refractivity contribution in [3.8, 4) is 0 Å². The third-order valence-corrected chi connectivity index (χ3v) is 16.5. The van der Waals surface area contributed by atoms with Gasteiger partial charge in [-0.25, -0.2) is 0 Å². The Hall–Kier alpha value is -2.90. The Labute approximate surface area is 306 Å². The Kier molecular flexibility index (Phi) is 9.36. The van der Waals surface area contributed by atoms with Crippen LogP contribution in [0.2, 0.25) is 0 Å². The van der Waals surface area contributed by atoms with Crippen LogP contribution >= 0.6 is 0 Å². The van der Waals surface area contributed by atoms with Crippen molar-refractivity contribution in [2.24, 2.45) is 62.1 Å². The van der Waals surface area contributed by atoms with Gasteiger partial charge in [-0.15, -0.1) is 0 Å². The molecule has 5 aliphatic rings. The second kappa shape index (κ2) is 12.6. The van der Waals surface area contributed by atoms with Gasteiger partial charge in [0.25, 0.3) is 0 Å². The van der Waals surface area contributed by atoms with E-state index >= 15 is 0 Å². The van der Waals surface area contributed by atoms with Gasteiger partial charge >= 0.3 is 11.9 Å². The first-order valence-electron chi connectivity index (χ1n) is 19.7. The number of carbonyl (C=O) groups excluding carboxylic acids is 2. The number of hydrogen-bond donors (Lipinski definition) is 2. The lowest BCUT2D eigenvalue weighted by molar-refractivity contribution is -0.615. The van der Waals surface area contributed by atoms with E-state index in [0.29, 0.717) is 29.4 Å². The summed E-state index contributed by atoms with van der Waals surface area (Å²) in [6.07, 6.45) is 11.0. The maximum absolute atomic E-state index is 14.6. The molecule has 5 aliphatic carbocycles. The summed E-state index contributed by atoms with van der Waals surface area (Å²) in [5.74, 6) is 0.539. The number of carboxylic acid groups (broad SMARTS) is 1. The van der Waals surface area contributed by atoms with Crippen molar-refractivity contribution in [1.29, 1.82) is 0 Å². The van der Waals surface area contributed by atoms with Crippen LogP contribution in [0.4, 0.5) is 0 Å². The fourth-order valence-corrected chi connectivity index (χ4v) is 13.5. The van der Waals surface area contributed by atoms with Gasteiger partial charge in [0, 0.05) is 17.5 Å². The molecule has 8 nitrogen and oxygen atoms in total. The van der Waals surface area contributed by atoms with Crippen LogP contribution in [0.5, 0.6) is 0 Å². The highest BCUT2D eigenvalue weighted by atomic mass is 16.5. The fraction of sp³-hybridized carbons (Fsp3) is 0.767. The van der Waals surface area contributed by atoms with Crippen molar-refractivity contribution in [2.75, 3.05) is 0 Å². The van der Waals surface area contributed by atoms with E-state index in [1.807, 2.05) is 13.0 Å². The molecule has 6 rings (SSSR count). The van der Waals surface area contributed by atoms with Crippen LogP contribution in [-0.4, -0.2) is 29.1 Å². The van der Waals surface area contributed by atoms with Crippen LogP contribution < -0.4 is 10.0 Å². The highest BCUT2D eigenvalue weighted by Crippen LogP contribution is 2.77. The van der Waals surface area contributed by atoms with E-state index in [2.05, 4.69) is 53.4 Å². The summed E-state index contributed by atoms with van der Waals surface area (Å²) in [6, 6.07) is 4.99. The first kappa shape index (κ1) is 37.8. The van der Waals surface area contributed by atoms with Crippen molar-refractivity contribution in [2.45, 2.75) is 145 Å². The van der Waals surface area contributed by atoms with Gasteiger partial charge in [-0.2, -0.15) is 4.73 Å². The molecule has 5 fully saturated rings. The van der Waals surface area contributed by atoms with Crippen molar-refractivity contribution >= 4 is 17.8 Å². The number of amides is 1. The van der Waals surface area contributed by atoms with Crippen LogP contribution in [0.25, 0.3) is 0 Å². The van der Waals surface area contributed by atoms with Gasteiger partial charge in [0.2, 0.25) is 11.6 Å². The molecule has 8 heteroatoms. The zero-order valence-corrected chi connectivity index (χ0v) is 32.8. The molecule has 0 spiro atoms. The van der Waals surface area contributed by atoms with Crippen LogP contribution in [0.15, 0.2) is 36.5 Å². The van der Waals surface area contributed by atoms with E-state index in [-0.39, 0.29) is 52.1 Å². The Morgan fingerprint density at radius 2 is 1.69 bits per heavy atom. The highest BCUT2D eigenvalue weighted by Gasteiger charge is 2.72. The molecular weight excluding hydrogens is 640 g/mol. The topological polar surface area (TPSA) is 120 Å². The van der Waals surface area contributed by atoms with Crippen molar-refractivity contribution < 1.29 is 29.0 Å². The molecule has 1 heterocycles. The maximum atomic E-state index is 14.6. The van der Waals surface area contributed by atoms with Crippen LogP contribution in [0.3, 0.4) is 0 Å². The molecule has 0 aliphatic heterocycles. The summed E-state index contributed by atoms with van der Waals surface area (Å²) in [5, 5.41) is 25.5. The lowest BCUT2D eigenvalue weighted by atomic mass is 9.32. The Morgan fingerprint density at radius 3 is 2.33 bits per heavy atom. The molecule has 0 aromatic carbocycles. The Morgan fingerprint density at radius 1 is 0.980 bits per heavy atom. The molecule has 1 amide bonds. The molecule has 0 radical (unpaired) electrons. The molecule has 5 saturated carbocycles. The predicted octanol–water partition coefficient (Wildman–Crippen LogP) is 8.57. The van der Waals surface area contributed by atoms with E-state index in [1.165, 1.54) is 11.8 Å². The van der Waals surface area contributed by atoms with Crippen LogP contribution in [0.1, 0.15) is 145 Å². The summed E-state index contributed by atoms with van der Waals surface area (Å²) in [6.45, 7) is 24.0. The maximum Gasteiger partial charge on any atom is 0.309 e. The zero-order valence-electron chi connectivity index (χ0n) is 32.8. The molecular formula is C43H64N2O6. The first-order valence-corrected chi connectivity index (χ1v) is 19.7. The van der Waals surface area contributed by atoms with E-state index in [0.717, 1.165) is 68.9 Å². The minimum absolute atomic E-state index is 0.0648. The van der Waals surface area contributed by atoms with Crippen molar-refractivity contribution in [3.63, 3.8) is 0 Å². The number of pyridine rings is 1. The van der Waals surface area contributed by atoms with Crippen molar-refractivity contribution in [3.05, 3.63) is 47.4 Å². The average Bonchev–Trinajstić information content (AvgIpc) is 3.44. The molecule has 282 valence electrons. The third kappa shape index (κ3) is 5.66. The van der Waals surface area contributed by atoms with Gasteiger partial charge in [0.1, 0.15) is 12.1 Å². The number of rotatable bonds is 8. The van der Waals surface area contributed by atoms with Gasteiger partial charge < -0.3 is 20.4 Å². The molecule has 11 atom stereocenters. The van der Waals surface area contributed by atoms with Gasteiger partial charge in [0.05, 0.1) is 17.3 Å². The second-order valence-corrected chi connectivity index (χ2v) is 19.7.